The lowest BCUT2D eigenvalue weighted by Gasteiger charge is -2.08. The number of carboxylic acid groups (broad SMARTS) is 1. The van der Waals surface area contributed by atoms with Crippen molar-refractivity contribution in [3.05, 3.63) is 59.9 Å². The Hall–Kier alpha value is -2.62. The first kappa shape index (κ1) is 13.4. The Morgan fingerprint density at radius 2 is 1.95 bits per heavy atom. The molecule has 1 heterocycles. The maximum absolute atomic E-state index is 11.2. The van der Waals surface area contributed by atoms with Gasteiger partial charge in [0.15, 0.2) is 0 Å². The average molecular weight is 280 g/mol. The van der Waals surface area contributed by atoms with E-state index in [1.807, 2.05) is 34.9 Å². The maximum Gasteiger partial charge on any atom is 0.335 e. The second-order valence-corrected chi connectivity index (χ2v) is 4.96. The predicted molar refractivity (Wildman–Crippen MR) is 82.0 cm³/mol. The standard InChI is InChI=1S/C17H16N2O2/c1-2-6-16-18-14-10-9-12(17(20)21)11-15(14)19(16)13-7-4-3-5-8-13/h3-5,7-11H,2,6H2,1H3,(H,20,21). The second kappa shape index (κ2) is 5.40. The van der Waals surface area contributed by atoms with E-state index in [9.17, 15) is 9.90 Å². The lowest BCUT2D eigenvalue weighted by molar-refractivity contribution is 0.0697. The van der Waals surface area contributed by atoms with Crippen LogP contribution in [0.15, 0.2) is 48.5 Å². The Labute approximate surface area is 122 Å². The zero-order valence-corrected chi connectivity index (χ0v) is 11.8. The van der Waals surface area contributed by atoms with Gasteiger partial charge in [-0.2, -0.15) is 0 Å². The summed E-state index contributed by atoms with van der Waals surface area (Å²) in [7, 11) is 0. The van der Waals surface area contributed by atoms with Crippen LogP contribution in [0.3, 0.4) is 0 Å². The lowest BCUT2D eigenvalue weighted by atomic mass is 10.2. The van der Waals surface area contributed by atoms with E-state index < -0.39 is 5.97 Å². The molecule has 0 amide bonds. The number of nitrogens with zero attached hydrogens (tertiary/aromatic N) is 2. The Balaban J connectivity index is 2.29. The van der Waals surface area contributed by atoms with Crippen LogP contribution in [0.1, 0.15) is 29.5 Å². The van der Waals surface area contributed by atoms with Crippen molar-refractivity contribution in [3.63, 3.8) is 0 Å². The van der Waals surface area contributed by atoms with Crippen LogP contribution in [0, 0.1) is 0 Å². The van der Waals surface area contributed by atoms with Crippen LogP contribution in [-0.4, -0.2) is 20.6 Å². The van der Waals surface area contributed by atoms with Crippen LogP contribution < -0.4 is 0 Å². The fourth-order valence-corrected chi connectivity index (χ4v) is 2.51. The Bertz CT molecular complexity index is 791. The molecule has 0 aliphatic carbocycles. The molecule has 0 saturated heterocycles. The number of hydrogen-bond donors (Lipinski definition) is 1. The molecule has 0 unspecified atom stereocenters. The van der Waals surface area contributed by atoms with E-state index in [2.05, 4.69) is 11.9 Å². The van der Waals surface area contributed by atoms with Gasteiger partial charge in [0, 0.05) is 12.1 Å². The van der Waals surface area contributed by atoms with E-state index >= 15 is 0 Å². The number of aromatic nitrogens is 2. The van der Waals surface area contributed by atoms with Crippen molar-refractivity contribution < 1.29 is 9.90 Å². The van der Waals surface area contributed by atoms with Crippen molar-refractivity contribution in [2.45, 2.75) is 19.8 Å². The quantitative estimate of drug-likeness (QED) is 0.793. The van der Waals surface area contributed by atoms with E-state index in [0.717, 1.165) is 35.4 Å². The molecule has 1 aromatic heterocycles. The number of benzene rings is 2. The van der Waals surface area contributed by atoms with Crippen LogP contribution in [-0.2, 0) is 6.42 Å². The summed E-state index contributed by atoms with van der Waals surface area (Å²) in [6.45, 7) is 2.11. The number of para-hydroxylation sites is 1. The van der Waals surface area contributed by atoms with Gasteiger partial charge in [-0.25, -0.2) is 9.78 Å². The van der Waals surface area contributed by atoms with Crippen molar-refractivity contribution in [2.75, 3.05) is 0 Å². The summed E-state index contributed by atoms with van der Waals surface area (Å²) in [5, 5.41) is 9.19. The largest absolute Gasteiger partial charge is 0.478 e. The maximum atomic E-state index is 11.2. The number of aryl methyl sites for hydroxylation is 1. The molecule has 0 aliphatic heterocycles. The van der Waals surface area contributed by atoms with Crippen molar-refractivity contribution in [2.24, 2.45) is 0 Å². The first-order chi connectivity index (χ1) is 10.2. The molecule has 0 atom stereocenters. The molecule has 2 aromatic carbocycles. The van der Waals surface area contributed by atoms with Crippen LogP contribution >= 0.6 is 0 Å². The molecule has 0 fully saturated rings. The molecule has 106 valence electrons. The van der Waals surface area contributed by atoms with Crippen LogP contribution in [0.25, 0.3) is 16.7 Å². The molecule has 0 radical (unpaired) electrons. The zero-order chi connectivity index (χ0) is 14.8. The van der Waals surface area contributed by atoms with Crippen molar-refractivity contribution in [1.82, 2.24) is 9.55 Å². The number of hydrogen-bond acceptors (Lipinski definition) is 2. The van der Waals surface area contributed by atoms with Gasteiger partial charge in [-0.3, -0.25) is 4.57 Å². The fraction of sp³-hybridized carbons (Fsp3) is 0.176. The van der Waals surface area contributed by atoms with Gasteiger partial charge >= 0.3 is 5.97 Å². The van der Waals surface area contributed by atoms with Crippen molar-refractivity contribution in [1.29, 1.82) is 0 Å². The highest BCUT2D eigenvalue weighted by atomic mass is 16.4. The van der Waals surface area contributed by atoms with Gasteiger partial charge < -0.3 is 5.11 Å². The second-order valence-electron chi connectivity index (χ2n) is 4.96. The third-order valence-electron chi connectivity index (χ3n) is 3.46. The SMILES string of the molecule is CCCc1nc2ccc(C(=O)O)cc2n1-c1ccccc1. The lowest BCUT2D eigenvalue weighted by Crippen LogP contribution is -2.01. The van der Waals surface area contributed by atoms with Gasteiger partial charge in [0.2, 0.25) is 0 Å². The van der Waals surface area contributed by atoms with Crippen LogP contribution in [0.2, 0.25) is 0 Å². The summed E-state index contributed by atoms with van der Waals surface area (Å²) in [6, 6.07) is 15.0. The van der Waals surface area contributed by atoms with Gasteiger partial charge in [-0.15, -0.1) is 0 Å². The van der Waals surface area contributed by atoms with Gasteiger partial charge in [0.25, 0.3) is 0 Å². The zero-order valence-electron chi connectivity index (χ0n) is 11.8. The summed E-state index contributed by atoms with van der Waals surface area (Å²) >= 11 is 0. The number of carbonyl (C=O) groups is 1. The molecule has 0 saturated carbocycles. The molecule has 3 rings (SSSR count). The van der Waals surface area contributed by atoms with E-state index in [0.29, 0.717) is 0 Å². The number of rotatable bonds is 4. The Morgan fingerprint density at radius 1 is 1.19 bits per heavy atom. The topological polar surface area (TPSA) is 55.1 Å². The summed E-state index contributed by atoms with van der Waals surface area (Å²) < 4.78 is 2.05. The third-order valence-corrected chi connectivity index (χ3v) is 3.46. The highest BCUT2D eigenvalue weighted by molar-refractivity contribution is 5.93. The molecule has 3 aromatic rings. The van der Waals surface area contributed by atoms with Crippen LogP contribution in [0.5, 0.6) is 0 Å². The van der Waals surface area contributed by atoms with Crippen LogP contribution in [0.4, 0.5) is 0 Å². The summed E-state index contributed by atoms with van der Waals surface area (Å²) in [5.74, 6) is 0.0380. The molecule has 21 heavy (non-hydrogen) atoms. The number of fused-ring (bicyclic) bond motifs is 1. The smallest absolute Gasteiger partial charge is 0.335 e. The molecular weight excluding hydrogens is 264 g/mol. The fourth-order valence-electron chi connectivity index (χ4n) is 2.51. The molecule has 4 nitrogen and oxygen atoms in total. The minimum Gasteiger partial charge on any atom is -0.478 e. The van der Waals surface area contributed by atoms with E-state index in [4.69, 9.17) is 0 Å². The highest BCUT2D eigenvalue weighted by Crippen LogP contribution is 2.23. The van der Waals surface area contributed by atoms with E-state index in [1.54, 1.807) is 18.2 Å². The highest BCUT2D eigenvalue weighted by Gasteiger charge is 2.14. The monoisotopic (exact) mass is 280 g/mol. The first-order valence-corrected chi connectivity index (χ1v) is 7.01. The van der Waals surface area contributed by atoms with Gasteiger partial charge in [0.05, 0.1) is 16.6 Å². The average Bonchev–Trinajstić information content (AvgIpc) is 2.85. The molecule has 4 heteroatoms. The molecule has 0 aliphatic rings. The minimum absolute atomic E-state index is 0.280. The summed E-state index contributed by atoms with van der Waals surface area (Å²) in [6.07, 6.45) is 1.84. The summed E-state index contributed by atoms with van der Waals surface area (Å²) in [5.41, 5.74) is 2.95. The number of imidazole rings is 1. The normalized spacial score (nSPS) is 10.9. The molecule has 1 N–H and O–H groups in total. The van der Waals surface area contributed by atoms with Gasteiger partial charge in [-0.1, -0.05) is 25.1 Å². The van der Waals surface area contributed by atoms with Gasteiger partial charge in [-0.05, 0) is 36.8 Å². The van der Waals surface area contributed by atoms with Crippen molar-refractivity contribution in [3.8, 4) is 5.69 Å². The summed E-state index contributed by atoms with van der Waals surface area (Å²) in [4.78, 5) is 15.8. The molecule has 0 spiro atoms. The van der Waals surface area contributed by atoms with E-state index in [-0.39, 0.29) is 5.56 Å². The van der Waals surface area contributed by atoms with E-state index in [1.165, 1.54) is 0 Å². The predicted octanol–water partition coefficient (Wildman–Crippen LogP) is 3.68. The first-order valence-electron chi connectivity index (χ1n) is 7.01. The number of carboxylic acids is 1. The molecular formula is C17H16N2O2. The Kier molecular flexibility index (Phi) is 3.44. The number of aromatic carboxylic acids is 1. The molecule has 0 bridgehead atoms. The third kappa shape index (κ3) is 2.40. The van der Waals surface area contributed by atoms with Crippen molar-refractivity contribution >= 4 is 17.0 Å². The minimum atomic E-state index is -0.922. The Morgan fingerprint density at radius 3 is 2.62 bits per heavy atom. The van der Waals surface area contributed by atoms with Gasteiger partial charge in [0.1, 0.15) is 5.82 Å².